The minimum Gasteiger partial charge on any atom is -0.472 e. The molecule has 0 aliphatic heterocycles. The van der Waals surface area contributed by atoms with E-state index in [1.165, 1.54) is 12.5 Å². The van der Waals surface area contributed by atoms with Gasteiger partial charge in [-0.3, -0.25) is 4.79 Å². The van der Waals surface area contributed by atoms with Crippen molar-refractivity contribution in [2.45, 2.75) is 0 Å². The molecule has 0 aliphatic rings. The largest absolute Gasteiger partial charge is 0.472 e. The molecule has 1 amide bonds. The highest BCUT2D eigenvalue weighted by atomic mass is 16.3. The lowest BCUT2D eigenvalue weighted by Gasteiger charge is -2.08. The number of rotatable bonds is 3. The molecule has 0 aliphatic carbocycles. The van der Waals surface area contributed by atoms with Crippen LogP contribution in [0, 0.1) is 0 Å². The Morgan fingerprint density at radius 2 is 1.87 bits per heavy atom. The number of para-hydroxylation sites is 3. The van der Waals surface area contributed by atoms with E-state index in [0.29, 0.717) is 17.1 Å². The Morgan fingerprint density at radius 1 is 1.04 bits per heavy atom. The van der Waals surface area contributed by atoms with Gasteiger partial charge in [0.1, 0.15) is 12.1 Å². The normalized spacial score (nSPS) is 10.8. The van der Waals surface area contributed by atoms with Gasteiger partial charge in [0.05, 0.1) is 28.5 Å². The molecule has 0 saturated carbocycles. The molecule has 0 spiro atoms. The number of nitrogens with zero attached hydrogens (tertiary/aromatic N) is 1. The highest BCUT2D eigenvalue weighted by Gasteiger charge is 2.13. The van der Waals surface area contributed by atoms with Gasteiger partial charge in [-0.2, -0.15) is 0 Å². The number of amides is 1. The van der Waals surface area contributed by atoms with Crippen LogP contribution in [-0.2, 0) is 0 Å². The lowest BCUT2D eigenvalue weighted by molar-refractivity contribution is 0.102. The van der Waals surface area contributed by atoms with Crippen LogP contribution in [0.4, 0.5) is 5.69 Å². The van der Waals surface area contributed by atoms with Crippen molar-refractivity contribution in [1.82, 2.24) is 9.97 Å². The zero-order chi connectivity index (χ0) is 15.6. The Kier molecular flexibility index (Phi) is 3.16. The van der Waals surface area contributed by atoms with Crippen molar-refractivity contribution in [3.8, 4) is 11.4 Å². The molecule has 0 bridgehead atoms. The van der Waals surface area contributed by atoms with Crippen LogP contribution in [0.25, 0.3) is 22.4 Å². The summed E-state index contributed by atoms with van der Waals surface area (Å²) in [4.78, 5) is 20.1. The zero-order valence-electron chi connectivity index (χ0n) is 12.1. The number of H-pyrrole nitrogens is 1. The summed E-state index contributed by atoms with van der Waals surface area (Å²) in [7, 11) is 0. The standard InChI is InChI=1S/C18H13N3O2/c22-18(12-9-10-23-11-12)21-14-6-2-1-5-13(14)17-19-15-7-3-4-8-16(15)20-17/h1-11H,(H,19,20)(H,21,22). The first kappa shape index (κ1) is 13.3. The number of nitrogens with one attached hydrogen (secondary N) is 2. The van der Waals surface area contributed by atoms with Gasteiger partial charge < -0.3 is 14.7 Å². The van der Waals surface area contributed by atoms with Crippen molar-refractivity contribution in [1.29, 1.82) is 0 Å². The molecule has 0 unspecified atom stereocenters. The third-order valence-electron chi connectivity index (χ3n) is 3.60. The summed E-state index contributed by atoms with van der Waals surface area (Å²) >= 11 is 0. The quantitative estimate of drug-likeness (QED) is 0.599. The molecule has 5 heteroatoms. The van der Waals surface area contributed by atoms with Crippen molar-refractivity contribution >= 4 is 22.6 Å². The Hall–Kier alpha value is -3.34. The van der Waals surface area contributed by atoms with E-state index in [0.717, 1.165) is 16.6 Å². The Labute approximate surface area is 132 Å². The molecule has 2 aromatic carbocycles. The number of imidazole rings is 1. The van der Waals surface area contributed by atoms with E-state index in [2.05, 4.69) is 15.3 Å². The molecular weight excluding hydrogens is 290 g/mol. The SMILES string of the molecule is O=C(Nc1ccccc1-c1nc2ccccc2[nH]1)c1ccoc1. The molecule has 0 saturated heterocycles. The molecule has 0 fully saturated rings. The van der Waals surface area contributed by atoms with Gasteiger partial charge in [0.25, 0.3) is 5.91 Å². The van der Waals surface area contributed by atoms with Gasteiger partial charge in [0.2, 0.25) is 0 Å². The fourth-order valence-electron chi connectivity index (χ4n) is 2.47. The molecule has 2 heterocycles. The maximum atomic E-state index is 12.2. The predicted octanol–water partition coefficient (Wildman–Crippen LogP) is 4.08. The minimum absolute atomic E-state index is 0.220. The second-order valence-corrected chi connectivity index (χ2v) is 5.11. The molecule has 2 N–H and O–H groups in total. The van der Waals surface area contributed by atoms with Gasteiger partial charge in [-0.25, -0.2) is 4.98 Å². The van der Waals surface area contributed by atoms with E-state index in [1.807, 2.05) is 48.5 Å². The van der Waals surface area contributed by atoms with E-state index in [9.17, 15) is 4.79 Å². The van der Waals surface area contributed by atoms with Crippen LogP contribution in [0.3, 0.4) is 0 Å². The van der Waals surface area contributed by atoms with Gasteiger partial charge in [-0.05, 0) is 30.3 Å². The summed E-state index contributed by atoms with van der Waals surface area (Å²) in [5.74, 6) is 0.497. The van der Waals surface area contributed by atoms with Gasteiger partial charge in [0, 0.05) is 5.56 Å². The van der Waals surface area contributed by atoms with Crippen LogP contribution in [0.15, 0.2) is 71.5 Å². The van der Waals surface area contributed by atoms with Crippen LogP contribution in [0.1, 0.15) is 10.4 Å². The van der Waals surface area contributed by atoms with E-state index in [-0.39, 0.29) is 5.91 Å². The molecule has 4 aromatic rings. The monoisotopic (exact) mass is 303 g/mol. The number of carbonyl (C=O) groups excluding carboxylic acids is 1. The Balaban J connectivity index is 1.73. The summed E-state index contributed by atoms with van der Waals surface area (Å²) in [5.41, 5.74) is 3.85. The number of hydrogen-bond donors (Lipinski definition) is 2. The fraction of sp³-hybridized carbons (Fsp3) is 0. The van der Waals surface area contributed by atoms with E-state index in [1.54, 1.807) is 6.07 Å². The summed E-state index contributed by atoms with van der Waals surface area (Å²) in [5, 5.41) is 2.90. The van der Waals surface area contributed by atoms with Crippen molar-refractivity contribution in [2.24, 2.45) is 0 Å². The third-order valence-corrected chi connectivity index (χ3v) is 3.60. The first-order chi connectivity index (χ1) is 11.3. The van der Waals surface area contributed by atoms with Crippen molar-refractivity contribution in [2.75, 3.05) is 5.32 Å². The van der Waals surface area contributed by atoms with Gasteiger partial charge in [0.15, 0.2) is 0 Å². The van der Waals surface area contributed by atoms with E-state index in [4.69, 9.17) is 4.42 Å². The first-order valence-corrected chi connectivity index (χ1v) is 7.19. The summed E-state index contributed by atoms with van der Waals surface area (Å²) in [6, 6.07) is 17.0. The van der Waals surface area contributed by atoms with Crippen LogP contribution in [-0.4, -0.2) is 15.9 Å². The lowest BCUT2D eigenvalue weighted by Crippen LogP contribution is -2.11. The minimum atomic E-state index is -0.220. The third kappa shape index (κ3) is 2.48. The highest BCUT2D eigenvalue weighted by molar-refractivity contribution is 6.06. The smallest absolute Gasteiger partial charge is 0.258 e. The zero-order valence-corrected chi connectivity index (χ0v) is 12.1. The van der Waals surface area contributed by atoms with Crippen LogP contribution >= 0.6 is 0 Å². The number of furan rings is 1. The number of carbonyl (C=O) groups is 1. The number of aromatic nitrogens is 2. The summed E-state index contributed by atoms with van der Waals surface area (Å²) in [6.45, 7) is 0. The molecule has 23 heavy (non-hydrogen) atoms. The average Bonchev–Trinajstić information content (AvgIpc) is 3.25. The highest BCUT2D eigenvalue weighted by Crippen LogP contribution is 2.27. The maximum absolute atomic E-state index is 12.2. The van der Waals surface area contributed by atoms with Crippen LogP contribution < -0.4 is 5.32 Å². The lowest BCUT2D eigenvalue weighted by atomic mass is 10.1. The molecule has 0 atom stereocenters. The van der Waals surface area contributed by atoms with E-state index < -0.39 is 0 Å². The maximum Gasteiger partial charge on any atom is 0.258 e. The van der Waals surface area contributed by atoms with Crippen LogP contribution in [0.5, 0.6) is 0 Å². The predicted molar refractivity (Wildman–Crippen MR) is 88.2 cm³/mol. The van der Waals surface area contributed by atoms with Crippen molar-refractivity contribution in [3.63, 3.8) is 0 Å². The second-order valence-electron chi connectivity index (χ2n) is 5.11. The number of fused-ring (bicyclic) bond motifs is 1. The summed E-state index contributed by atoms with van der Waals surface area (Å²) in [6.07, 6.45) is 2.89. The van der Waals surface area contributed by atoms with Crippen molar-refractivity contribution in [3.05, 3.63) is 72.7 Å². The molecule has 0 radical (unpaired) electrons. The van der Waals surface area contributed by atoms with E-state index >= 15 is 0 Å². The number of anilines is 1. The molecular formula is C18H13N3O2. The van der Waals surface area contributed by atoms with Gasteiger partial charge >= 0.3 is 0 Å². The number of hydrogen-bond acceptors (Lipinski definition) is 3. The molecule has 112 valence electrons. The van der Waals surface area contributed by atoms with Crippen LogP contribution in [0.2, 0.25) is 0 Å². The fourth-order valence-corrected chi connectivity index (χ4v) is 2.47. The molecule has 2 aromatic heterocycles. The Bertz CT molecular complexity index is 938. The van der Waals surface area contributed by atoms with Gasteiger partial charge in [-0.1, -0.05) is 24.3 Å². The summed E-state index contributed by atoms with van der Waals surface area (Å²) < 4.78 is 4.95. The topological polar surface area (TPSA) is 70.9 Å². The Morgan fingerprint density at radius 3 is 2.70 bits per heavy atom. The second kappa shape index (κ2) is 5.46. The number of benzene rings is 2. The van der Waals surface area contributed by atoms with Crippen molar-refractivity contribution < 1.29 is 9.21 Å². The molecule has 4 rings (SSSR count). The average molecular weight is 303 g/mol. The molecule has 5 nitrogen and oxygen atoms in total. The first-order valence-electron chi connectivity index (χ1n) is 7.19. The van der Waals surface area contributed by atoms with Gasteiger partial charge in [-0.15, -0.1) is 0 Å². The number of aromatic amines is 1.